The van der Waals surface area contributed by atoms with E-state index in [4.69, 9.17) is 0 Å². The summed E-state index contributed by atoms with van der Waals surface area (Å²) < 4.78 is 12.7. The highest BCUT2D eigenvalue weighted by atomic mass is 19.1. The van der Waals surface area contributed by atoms with Crippen molar-refractivity contribution >= 4 is 12.1 Å². The molecule has 0 aliphatic rings. The largest absolute Gasteiger partial charge is 0.298 e. The first-order valence-electron chi connectivity index (χ1n) is 4.47. The lowest BCUT2D eigenvalue weighted by Crippen LogP contribution is -2.03. The third kappa shape index (κ3) is 2.25. The Morgan fingerprint density at radius 1 is 1.50 bits per heavy atom. The number of Topliss-reactive ketones (excluding diaryl/α,β-unsaturated/α-hetero) is 1. The fraction of sp³-hybridized carbons (Fsp3) is 0.273. The summed E-state index contributed by atoms with van der Waals surface area (Å²) in [6.07, 6.45) is 1.60. The van der Waals surface area contributed by atoms with Crippen molar-refractivity contribution in [3.8, 4) is 0 Å². The van der Waals surface area contributed by atoms with Gasteiger partial charge in [-0.2, -0.15) is 0 Å². The molecule has 14 heavy (non-hydrogen) atoms. The molecule has 0 radical (unpaired) electrons. The van der Waals surface area contributed by atoms with Crippen molar-refractivity contribution in [3.05, 3.63) is 35.1 Å². The van der Waals surface area contributed by atoms with Crippen LogP contribution in [0.1, 0.15) is 40.5 Å². The number of halogens is 1. The van der Waals surface area contributed by atoms with E-state index in [1.807, 2.05) is 6.92 Å². The molecule has 0 aliphatic carbocycles. The fourth-order valence-corrected chi connectivity index (χ4v) is 1.25. The van der Waals surface area contributed by atoms with E-state index in [9.17, 15) is 14.0 Å². The van der Waals surface area contributed by atoms with Crippen LogP contribution in [0, 0.1) is 5.82 Å². The number of hydrogen-bond acceptors (Lipinski definition) is 2. The van der Waals surface area contributed by atoms with Gasteiger partial charge in [-0.15, -0.1) is 0 Å². The lowest BCUT2D eigenvalue weighted by Gasteiger charge is -2.02. The van der Waals surface area contributed by atoms with E-state index in [1.165, 1.54) is 12.1 Å². The highest BCUT2D eigenvalue weighted by molar-refractivity contribution is 6.02. The maximum absolute atomic E-state index is 12.7. The van der Waals surface area contributed by atoms with Crippen LogP contribution in [0.25, 0.3) is 0 Å². The number of ketones is 1. The van der Waals surface area contributed by atoms with E-state index in [1.54, 1.807) is 0 Å². The molecule has 1 rings (SSSR count). The SMILES string of the molecule is CCCC(=O)c1ccc(F)cc1C=O. The summed E-state index contributed by atoms with van der Waals surface area (Å²) in [5.74, 6) is -0.616. The summed E-state index contributed by atoms with van der Waals surface area (Å²) in [6, 6.07) is 3.63. The zero-order chi connectivity index (χ0) is 10.6. The normalized spacial score (nSPS) is 9.86. The molecule has 0 amide bonds. The molecule has 0 N–H and O–H groups in total. The average molecular weight is 194 g/mol. The zero-order valence-electron chi connectivity index (χ0n) is 7.92. The van der Waals surface area contributed by atoms with Gasteiger partial charge in [0, 0.05) is 17.5 Å². The third-order valence-corrected chi connectivity index (χ3v) is 1.92. The fourth-order valence-electron chi connectivity index (χ4n) is 1.25. The molecule has 2 nitrogen and oxygen atoms in total. The summed E-state index contributed by atoms with van der Waals surface area (Å²) in [5, 5.41) is 0. The Labute approximate surface area is 81.7 Å². The van der Waals surface area contributed by atoms with Gasteiger partial charge < -0.3 is 0 Å². The van der Waals surface area contributed by atoms with Crippen LogP contribution in [0.15, 0.2) is 18.2 Å². The highest BCUT2D eigenvalue weighted by Crippen LogP contribution is 2.12. The average Bonchev–Trinajstić information content (AvgIpc) is 2.17. The predicted octanol–water partition coefficient (Wildman–Crippen LogP) is 2.62. The van der Waals surface area contributed by atoms with Gasteiger partial charge in [-0.05, 0) is 24.6 Å². The number of carbonyl (C=O) groups is 2. The molecule has 0 saturated carbocycles. The van der Waals surface area contributed by atoms with E-state index < -0.39 is 5.82 Å². The van der Waals surface area contributed by atoms with Crippen molar-refractivity contribution in [1.29, 1.82) is 0 Å². The minimum atomic E-state index is -0.500. The Hall–Kier alpha value is -1.51. The lowest BCUT2D eigenvalue weighted by molar-refractivity contribution is 0.0975. The van der Waals surface area contributed by atoms with Crippen molar-refractivity contribution in [2.45, 2.75) is 19.8 Å². The van der Waals surface area contributed by atoms with Gasteiger partial charge in [0.2, 0.25) is 0 Å². The summed E-state index contributed by atoms with van der Waals surface area (Å²) in [6.45, 7) is 1.88. The molecule has 0 heterocycles. The van der Waals surface area contributed by atoms with Gasteiger partial charge in [0.25, 0.3) is 0 Å². The number of hydrogen-bond donors (Lipinski definition) is 0. The number of benzene rings is 1. The second kappa shape index (κ2) is 4.65. The van der Waals surface area contributed by atoms with E-state index in [0.717, 1.165) is 6.07 Å². The molecule has 0 atom stereocenters. The van der Waals surface area contributed by atoms with Crippen LogP contribution >= 0.6 is 0 Å². The maximum Gasteiger partial charge on any atom is 0.163 e. The first kappa shape index (κ1) is 10.6. The number of carbonyl (C=O) groups excluding carboxylic acids is 2. The highest BCUT2D eigenvalue weighted by Gasteiger charge is 2.10. The van der Waals surface area contributed by atoms with Gasteiger partial charge in [0.1, 0.15) is 5.82 Å². The molecule has 0 fully saturated rings. The van der Waals surface area contributed by atoms with Gasteiger partial charge in [-0.1, -0.05) is 6.92 Å². The van der Waals surface area contributed by atoms with Crippen LogP contribution < -0.4 is 0 Å². The van der Waals surface area contributed by atoms with Gasteiger partial charge in [-0.3, -0.25) is 9.59 Å². The van der Waals surface area contributed by atoms with Crippen molar-refractivity contribution in [2.75, 3.05) is 0 Å². The topological polar surface area (TPSA) is 34.1 Å². The van der Waals surface area contributed by atoms with Crippen LogP contribution in [0.3, 0.4) is 0 Å². The van der Waals surface area contributed by atoms with Crippen molar-refractivity contribution < 1.29 is 14.0 Å². The van der Waals surface area contributed by atoms with Crippen LogP contribution in [0.2, 0.25) is 0 Å². The van der Waals surface area contributed by atoms with E-state index in [0.29, 0.717) is 24.7 Å². The van der Waals surface area contributed by atoms with Gasteiger partial charge in [0.15, 0.2) is 12.1 Å². The summed E-state index contributed by atoms with van der Waals surface area (Å²) in [4.78, 5) is 22.0. The molecule has 74 valence electrons. The lowest BCUT2D eigenvalue weighted by atomic mass is 10.0. The minimum Gasteiger partial charge on any atom is -0.298 e. The second-order valence-electron chi connectivity index (χ2n) is 3.02. The zero-order valence-corrected chi connectivity index (χ0v) is 7.92. The standard InChI is InChI=1S/C11H11FO2/c1-2-3-11(14)10-5-4-9(12)6-8(10)7-13/h4-7H,2-3H2,1H3. The smallest absolute Gasteiger partial charge is 0.163 e. The quantitative estimate of drug-likeness (QED) is 0.545. The molecule has 1 aromatic carbocycles. The molecule has 0 bridgehead atoms. The Kier molecular flexibility index (Phi) is 3.51. The predicted molar refractivity (Wildman–Crippen MR) is 51.0 cm³/mol. The molecule has 3 heteroatoms. The number of aldehydes is 1. The summed E-state index contributed by atoms with van der Waals surface area (Å²) in [7, 11) is 0. The van der Waals surface area contributed by atoms with Gasteiger partial charge in [0.05, 0.1) is 0 Å². The molecule has 0 unspecified atom stereocenters. The van der Waals surface area contributed by atoms with Crippen molar-refractivity contribution in [2.24, 2.45) is 0 Å². The first-order chi connectivity index (χ1) is 6.69. The first-order valence-corrected chi connectivity index (χ1v) is 4.47. The molecule has 0 spiro atoms. The Morgan fingerprint density at radius 2 is 2.21 bits per heavy atom. The maximum atomic E-state index is 12.7. The minimum absolute atomic E-state index is 0.116. The van der Waals surface area contributed by atoms with Crippen LogP contribution in [0.4, 0.5) is 4.39 Å². The molecule has 1 aromatic rings. The van der Waals surface area contributed by atoms with Crippen LogP contribution in [-0.4, -0.2) is 12.1 Å². The summed E-state index contributed by atoms with van der Waals surface area (Å²) in [5.41, 5.74) is 0.437. The van der Waals surface area contributed by atoms with E-state index in [-0.39, 0.29) is 11.3 Å². The molecular weight excluding hydrogens is 183 g/mol. The molecule has 0 aliphatic heterocycles. The molecule has 0 saturated heterocycles. The van der Waals surface area contributed by atoms with E-state index >= 15 is 0 Å². The van der Waals surface area contributed by atoms with E-state index in [2.05, 4.69) is 0 Å². The monoisotopic (exact) mass is 194 g/mol. The second-order valence-corrected chi connectivity index (χ2v) is 3.02. The van der Waals surface area contributed by atoms with Gasteiger partial charge >= 0.3 is 0 Å². The van der Waals surface area contributed by atoms with Gasteiger partial charge in [-0.25, -0.2) is 4.39 Å². The third-order valence-electron chi connectivity index (χ3n) is 1.92. The molecular formula is C11H11FO2. The Balaban J connectivity index is 3.07. The van der Waals surface area contributed by atoms with Crippen molar-refractivity contribution in [3.63, 3.8) is 0 Å². The van der Waals surface area contributed by atoms with Crippen molar-refractivity contribution in [1.82, 2.24) is 0 Å². The summed E-state index contributed by atoms with van der Waals surface area (Å²) >= 11 is 0. The Morgan fingerprint density at radius 3 is 2.79 bits per heavy atom. The molecule has 0 aromatic heterocycles. The van der Waals surface area contributed by atoms with Crippen LogP contribution in [0.5, 0.6) is 0 Å². The number of rotatable bonds is 4. The van der Waals surface area contributed by atoms with Crippen LogP contribution in [-0.2, 0) is 0 Å². The Bertz CT molecular complexity index is 358.